The van der Waals surface area contributed by atoms with Gasteiger partial charge in [-0.15, -0.1) is 0 Å². The van der Waals surface area contributed by atoms with Crippen molar-refractivity contribution < 1.29 is 4.79 Å². The standard InChI is InChI=1S/C32H44N4O/c1-3-5-11-23-35(24-12-6-4-2)32(37)28-19-25-36-30(26-28)29(18-15-22-34-20-13-8-14-21-34)31(33-36)27-16-9-7-10-17-27/h7,9-10,15-19,25-26H,3-6,8,11-14,20-24H2,1-2H3. The molecule has 0 saturated carbocycles. The lowest BCUT2D eigenvalue weighted by Crippen LogP contribution is -2.33. The molecule has 1 aliphatic rings. The highest BCUT2D eigenvalue weighted by Gasteiger charge is 2.19. The van der Waals surface area contributed by atoms with E-state index in [-0.39, 0.29) is 5.91 Å². The van der Waals surface area contributed by atoms with Crippen LogP contribution in [0, 0.1) is 0 Å². The summed E-state index contributed by atoms with van der Waals surface area (Å²) in [4.78, 5) is 18.2. The van der Waals surface area contributed by atoms with Gasteiger partial charge < -0.3 is 4.90 Å². The third-order valence-electron chi connectivity index (χ3n) is 7.41. The summed E-state index contributed by atoms with van der Waals surface area (Å²) in [7, 11) is 0. The number of pyridine rings is 1. The number of nitrogens with zero attached hydrogens (tertiary/aromatic N) is 4. The smallest absolute Gasteiger partial charge is 0.253 e. The number of carbonyl (C=O) groups excluding carboxylic acids is 1. The van der Waals surface area contributed by atoms with E-state index in [1.807, 2.05) is 22.8 Å². The number of fused-ring (bicyclic) bond motifs is 1. The van der Waals surface area contributed by atoms with E-state index in [2.05, 4.69) is 66.1 Å². The van der Waals surface area contributed by atoms with Crippen molar-refractivity contribution in [1.29, 1.82) is 0 Å². The summed E-state index contributed by atoms with van der Waals surface area (Å²) < 4.78 is 1.93. The van der Waals surface area contributed by atoms with Crippen molar-refractivity contribution in [1.82, 2.24) is 19.4 Å². The third kappa shape index (κ3) is 7.32. The van der Waals surface area contributed by atoms with E-state index < -0.39 is 0 Å². The largest absolute Gasteiger partial charge is 0.339 e. The molecular weight excluding hydrogens is 456 g/mol. The van der Waals surface area contributed by atoms with Crippen molar-refractivity contribution in [3.8, 4) is 11.3 Å². The second kappa shape index (κ2) is 14.1. The number of piperidine rings is 1. The van der Waals surface area contributed by atoms with Crippen LogP contribution in [-0.2, 0) is 0 Å². The van der Waals surface area contributed by atoms with Gasteiger partial charge in [-0.05, 0) is 50.9 Å². The topological polar surface area (TPSA) is 40.9 Å². The van der Waals surface area contributed by atoms with Crippen LogP contribution < -0.4 is 0 Å². The summed E-state index contributed by atoms with van der Waals surface area (Å²) >= 11 is 0. The molecule has 0 aliphatic carbocycles. The molecule has 3 heterocycles. The minimum Gasteiger partial charge on any atom is -0.339 e. The molecule has 0 bridgehead atoms. The van der Waals surface area contributed by atoms with E-state index >= 15 is 0 Å². The number of aromatic nitrogens is 2. The Labute approximate surface area is 223 Å². The zero-order valence-corrected chi connectivity index (χ0v) is 22.9. The molecule has 5 nitrogen and oxygen atoms in total. The maximum absolute atomic E-state index is 13.7. The summed E-state index contributed by atoms with van der Waals surface area (Å²) in [5.41, 5.74) is 4.88. The fourth-order valence-electron chi connectivity index (χ4n) is 5.24. The van der Waals surface area contributed by atoms with E-state index in [1.54, 1.807) is 0 Å². The Morgan fingerprint density at radius 2 is 1.65 bits per heavy atom. The molecule has 37 heavy (non-hydrogen) atoms. The van der Waals surface area contributed by atoms with Gasteiger partial charge in [0.2, 0.25) is 0 Å². The van der Waals surface area contributed by atoms with Gasteiger partial charge in [-0.3, -0.25) is 9.69 Å². The highest BCUT2D eigenvalue weighted by molar-refractivity contribution is 5.96. The number of likely N-dealkylation sites (tertiary alicyclic amines) is 1. The Morgan fingerprint density at radius 1 is 0.946 bits per heavy atom. The summed E-state index contributed by atoms with van der Waals surface area (Å²) in [6.07, 6.45) is 17.1. The molecule has 2 aromatic heterocycles. The Balaban J connectivity index is 1.64. The molecule has 5 heteroatoms. The van der Waals surface area contributed by atoms with Gasteiger partial charge >= 0.3 is 0 Å². The van der Waals surface area contributed by atoms with Crippen molar-refractivity contribution in [2.75, 3.05) is 32.7 Å². The van der Waals surface area contributed by atoms with Gasteiger partial charge in [-0.2, -0.15) is 5.10 Å². The van der Waals surface area contributed by atoms with Crippen molar-refractivity contribution >= 4 is 17.5 Å². The molecule has 1 amide bonds. The van der Waals surface area contributed by atoms with Gasteiger partial charge in [0.1, 0.15) is 5.69 Å². The van der Waals surface area contributed by atoms with Crippen molar-refractivity contribution in [3.05, 3.63) is 65.9 Å². The maximum Gasteiger partial charge on any atom is 0.253 e. The van der Waals surface area contributed by atoms with Gasteiger partial charge in [-0.25, -0.2) is 4.52 Å². The summed E-state index contributed by atoms with van der Waals surface area (Å²) in [6.45, 7) is 9.39. The SMILES string of the molecule is CCCCCN(CCCCC)C(=O)c1ccn2nc(-c3ccccc3)c(C=CCN3CCCCC3)c2c1. The van der Waals surface area contributed by atoms with Gasteiger partial charge in [0, 0.05) is 42.5 Å². The molecule has 3 aromatic rings. The lowest BCUT2D eigenvalue weighted by atomic mass is 10.0. The normalized spacial score (nSPS) is 14.5. The quantitative estimate of drug-likeness (QED) is 0.231. The zero-order valence-electron chi connectivity index (χ0n) is 22.9. The van der Waals surface area contributed by atoms with Crippen LogP contribution in [0.2, 0.25) is 0 Å². The van der Waals surface area contributed by atoms with E-state index in [4.69, 9.17) is 5.10 Å². The number of hydrogen-bond donors (Lipinski definition) is 0. The fraction of sp³-hybridized carbons (Fsp3) is 0.500. The Bertz CT molecular complexity index is 1130. The van der Waals surface area contributed by atoms with Gasteiger partial charge in [0.15, 0.2) is 0 Å². The number of carbonyl (C=O) groups is 1. The molecule has 1 aliphatic heterocycles. The van der Waals surface area contributed by atoms with E-state index in [0.29, 0.717) is 0 Å². The molecule has 0 radical (unpaired) electrons. The molecule has 1 aromatic carbocycles. The van der Waals surface area contributed by atoms with Crippen molar-refractivity contribution in [2.24, 2.45) is 0 Å². The van der Waals surface area contributed by atoms with Crippen LogP contribution in [0.3, 0.4) is 0 Å². The van der Waals surface area contributed by atoms with E-state index in [0.717, 1.165) is 86.1 Å². The molecule has 0 spiro atoms. The van der Waals surface area contributed by atoms with Crippen LogP contribution in [-0.4, -0.2) is 58.0 Å². The minimum absolute atomic E-state index is 0.139. The highest BCUT2D eigenvalue weighted by Crippen LogP contribution is 2.28. The number of rotatable bonds is 13. The van der Waals surface area contributed by atoms with Gasteiger partial charge in [-0.1, -0.05) is 88.4 Å². The Hall–Kier alpha value is -2.92. The van der Waals surface area contributed by atoms with Gasteiger partial charge in [0.25, 0.3) is 5.91 Å². The van der Waals surface area contributed by atoms with Crippen LogP contribution in [0.4, 0.5) is 0 Å². The molecule has 1 fully saturated rings. The summed E-state index contributed by atoms with van der Waals surface area (Å²) in [6, 6.07) is 14.4. The fourth-order valence-corrected chi connectivity index (χ4v) is 5.24. The maximum atomic E-state index is 13.7. The predicted octanol–water partition coefficient (Wildman–Crippen LogP) is 7.32. The first kappa shape index (κ1) is 27.1. The monoisotopic (exact) mass is 500 g/mol. The molecule has 198 valence electrons. The Morgan fingerprint density at radius 3 is 2.32 bits per heavy atom. The summed E-state index contributed by atoms with van der Waals surface area (Å²) in [5.74, 6) is 0.139. The second-order valence-electron chi connectivity index (χ2n) is 10.3. The number of hydrogen-bond acceptors (Lipinski definition) is 3. The first-order valence-electron chi connectivity index (χ1n) is 14.5. The third-order valence-corrected chi connectivity index (χ3v) is 7.41. The lowest BCUT2D eigenvalue weighted by molar-refractivity contribution is 0.0749. The number of amides is 1. The van der Waals surface area contributed by atoms with Crippen LogP contribution in [0.25, 0.3) is 22.9 Å². The lowest BCUT2D eigenvalue weighted by Gasteiger charge is -2.24. The minimum atomic E-state index is 0.139. The predicted molar refractivity (Wildman–Crippen MR) is 155 cm³/mol. The van der Waals surface area contributed by atoms with Crippen LogP contribution >= 0.6 is 0 Å². The van der Waals surface area contributed by atoms with Gasteiger partial charge in [0.05, 0.1) is 5.52 Å². The van der Waals surface area contributed by atoms with Crippen LogP contribution in [0.15, 0.2) is 54.7 Å². The van der Waals surface area contributed by atoms with E-state index in [1.165, 1.54) is 32.4 Å². The molecule has 0 unspecified atom stereocenters. The molecule has 0 atom stereocenters. The highest BCUT2D eigenvalue weighted by atomic mass is 16.2. The van der Waals surface area contributed by atoms with E-state index in [9.17, 15) is 4.79 Å². The second-order valence-corrected chi connectivity index (χ2v) is 10.3. The average molecular weight is 501 g/mol. The Kier molecular flexibility index (Phi) is 10.4. The van der Waals surface area contributed by atoms with Crippen LogP contribution in [0.1, 0.15) is 87.6 Å². The molecule has 0 N–H and O–H groups in total. The average Bonchev–Trinajstić information content (AvgIpc) is 3.31. The van der Waals surface area contributed by atoms with Crippen molar-refractivity contribution in [2.45, 2.75) is 71.6 Å². The summed E-state index contributed by atoms with van der Waals surface area (Å²) in [5, 5.41) is 4.94. The zero-order chi connectivity index (χ0) is 25.9. The van der Waals surface area contributed by atoms with Crippen molar-refractivity contribution in [3.63, 3.8) is 0 Å². The first-order chi connectivity index (χ1) is 18.2. The number of unbranched alkanes of at least 4 members (excludes halogenated alkanes) is 4. The van der Waals surface area contributed by atoms with Crippen LogP contribution in [0.5, 0.6) is 0 Å². The molecule has 1 saturated heterocycles. The molecular formula is C32H44N4O. The molecule has 4 rings (SSSR count). The number of benzene rings is 1. The first-order valence-corrected chi connectivity index (χ1v) is 14.5.